The molecule has 0 bridgehead atoms. The van der Waals surface area contributed by atoms with Crippen molar-refractivity contribution in [2.45, 2.75) is 38.3 Å². The summed E-state index contributed by atoms with van der Waals surface area (Å²) in [6.07, 6.45) is 3.70. The van der Waals surface area contributed by atoms with Crippen molar-refractivity contribution in [2.75, 3.05) is 13.1 Å². The zero-order valence-corrected chi connectivity index (χ0v) is 10.8. The van der Waals surface area contributed by atoms with E-state index in [1.165, 1.54) is 24.2 Å². The van der Waals surface area contributed by atoms with Gasteiger partial charge in [0, 0.05) is 32.2 Å². The maximum atomic E-state index is 6.36. The molecule has 0 spiro atoms. The number of hydrogen-bond donors (Lipinski definition) is 1. The average molecular weight is 234 g/mol. The Morgan fingerprint density at radius 2 is 2.18 bits per heavy atom. The standard InChI is InChI=1S/C13H22N4/c1-3-11-6-12(16(2)15-11)7-17-8-13(14,9-17)10-4-5-10/h6,10H,3-5,7-9,14H2,1-2H3. The summed E-state index contributed by atoms with van der Waals surface area (Å²) in [6.45, 7) is 5.26. The molecule has 4 heteroatoms. The Morgan fingerprint density at radius 1 is 1.47 bits per heavy atom. The Bertz CT molecular complexity index is 413. The average Bonchev–Trinajstić information content (AvgIpc) is 3.03. The zero-order valence-electron chi connectivity index (χ0n) is 10.8. The van der Waals surface area contributed by atoms with Crippen LogP contribution in [0.2, 0.25) is 0 Å². The van der Waals surface area contributed by atoms with Crippen LogP contribution in [0.25, 0.3) is 0 Å². The van der Waals surface area contributed by atoms with Crippen LogP contribution in [0.1, 0.15) is 31.2 Å². The third-order valence-corrected chi connectivity index (χ3v) is 4.20. The summed E-state index contributed by atoms with van der Waals surface area (Å²) >= 11 is 0. The van der Waals surface area contributed by atoms with E-state index in [-0.39, 0.29) is 5.54 Å². The van der Waals surface area contributed by atoms with Gasteiger partial charge in [-0.3, -0.25) is 9.58 Å². The highest BCUT2D eigenvalue weighted by Crippen LogP contribution is 2.43. The first-order valence-electron chi connectivity index (χ1n) is 6.64. The summed E-state index contributed by atoms with van der Waals surface area (Å²) in [5.41, 5.74) is 8.98. The fourth-order valence-corrected chi connectivity index (χ4v) is 2.94. The van der Waals surface area contributed by atoms with Crippen LogP contribution in [-0.4, -0.2) is 33.3 Å². The molecule has 2 N–H and O–H groups in total. The largest absolute Gasteiger partial charge is 0.323 e. The number of aromatic nitrogens is 2. The Kier molecular flexibility index (Phi) is 2.52. The number of rotatable bonds is 4. The molecule has 94 valence electrons. The Labute approximate surface area is 103 Å². The van der Waals surface area contributed by atoms with E-state index in [1.807, 2.05) is 11.7 Å². The second kappa shape index (κ2) is 3.82. The molecule has 2 aliphatic rings. The molecule has 0 aromatic carbocycles. The van der Waals surface area contributed by atoms with Crippen LogP contribution in [0, 0.1) is 5.92 Å². The van der Waals surface area contributed by atoms with Crippen molar-refractivity contribution in [3.63, 3.8) is 0 Å². The van der Waals surface area contributed by atoms with Gasteiger partial charge < -0.3 is 5.73 Å². The van der Waals surface area contributed by atoms with E-state index in [2.05, 4.69) is 23.0 Å². The molecule has 2 heterocycles. The summed E-state index contributed by atoms with van der Waals surface area (Å²) in [5, 5.41) is 4.48. The van der Waals surface area contributed by atoms with Crippen LogP contribution < -0.4 is 5.73 Å². The van der Waals surface area contributed by atoms with Crippen LogP contribution in [0.4, 0.5) is 0 Å². The third-order valence-electron chi connectivity index (χ3n) is 4.20. The van der Waals surface area contributed by atoms with Gasteiger partial charge in [-0.15, -0.1) is 0 Å². The first-order valence-corrected chi connectivity index (χ1v) is 6.64. The maximum absolute atomic E-state index is 6.36. The number of aryl methyl sites for hydroxylation is 2. The van der Waals surface area contributed by atoms with Crippen molar-refractivity contribution in [3.05, 3.63) is 17.5 Å². The van der Waals surface area contributed by atoms with Crippen molar-refractivity contribution in [1.29, 1.82) is 0 Å². The predicted octanol–water partition coefficient (Wildman–Crippen LogP) is 0.906. The van der Waals surface area contributed by atoms with Gasteiger partial charge >= 0.3 is 0 Å². The first-order chi connectivity index (χ1) is 8.10. The van der Waals surface area contributed by atoms with Crippen molar-refractivity contribution in [1.82, 2.24) is 14.7 Å². The van der Waals surface area contributed by atoms with Crippen molar-refractivity contribution < 1.29 is 0 Å². The highest BCUT2D eigenvalue weighted by atomic mass is 15.3. The highest BCUT2D eigenvalue weighted by Gasteiger charge is 2.50. The molecular formula is C13H22N4. The molecule has 0 radical (unpaired) electrons. The van der Waals surface area contributed by atoms with Gasteiger partial charge in [-0.05, 0) is 31.2 Å². The second-order valence-corrected chi connectivity index (χ2v) is 5.76. The van der Waals surface area contributed by atoms with E-state index in [0.717, 1.165) is 32.0 Å². The second-order valence-electron chi connectivity index (χ2n) is 5.76. The summed E-state index contributed by atoms with van der Waals surface area (Å²) in [5.74, 6) is 0.802. The van der Waals surface area contributed by atoms with E-state index >= 15 is 0 Å². The fourth-order valence-electron chi connectivity index (χ4n) is 2.94. The van der Waals surface area contributed by atoms with Gasteiger partial charge in [-0.1, -0.05) is 6.92 Å². The Morgan fingerprint density at radius 3 is 2.71 bits per heavy atom. The number of likely N-dealkylation sites (tertiary alicyclic amines) is 1. The van der Waals surface area contributed by atoms with Gasteiger partial charge in [0.05, 0.1) is 11.4 Å². The molecule has 1 aromatic rings. The van der Waals surface area contributed by atoms with Gasteiger partial charge in [0.15, 0.2) is 0 Å². The fraction of sp³-hybridized carbons (Fsp3) is 0.769. The van der Waals surface area contributed by atoms with Gasteiger partial charge in [0.25, 0.3) is 0 Å². The lowest BCUT2D eigenvalue weighted by atomic mass is 9.85. The molecule has 4 nitrogen and oxygen atoms in total. The van der Waals surface area contributed by atoms with Gasteiger partial charge in [0.2, 0.25) is 0 Å². The summed E-state index contributed by atoms with van der Waals surface area (Å²) in [7, 11) is 2.03. The summed E-state index contributed by atoms with van der Waals surface area (Å²) in [4.78, 5) is 2.44. The highest BCUT2D eigenvalue weighted by molar-refractivity contribution is 5.14. The molecule has 1 aromatic heterocycles. The zero-order chi connectivity index (χ0) is 12.0. The molecule has 17 heavy (non-hydrogen) atoms. The van der Waals surface area contributed by atoms with Gasteiger partial charge in [-0.25, -0.2) is 0 Å². The molecule has 1 saturated carbocycles. The van der Waals surface area contributed by atoms with Crippen LogP contribution in [0.3, 0.4) is 0 Å². The minimum atomic E-state index is 0.131. The van der Waals surface area contributed by atoms with Crippen LogP contribution in [0.15, 0.2) is 6.07 Å². The Hall–Kier alpha value is -0.870. The van der Waals surface area contributed by atoms with E-state index in [0.29, 0.717) is 0 Å². The SMILES string of the molecule is CCc1cc(CN2CC(N)(C3CC3)C2)n(C)n1. The first kappa shape index (κ1) is 11.2. The molecule has 1 saturated heterocycles. The quantitative estimate of drug-likeness (QED) is 0.842. The van der Waals surface area contributed by atoms with Crippen molar-refractivity contribution >= 4 is 0 Å². The van der Waals surface area contributed by atoms with Crippen molar-refractivity contribution in [2.24, 2.45) is 18.7 Å². The lowest BCUT2D eigenvalue weighted by Crippen LogP contribution is -2.68. The predicted molar refractivity (Wildman–Crippen MR) is 67.5 cm³/mol. The van der Waals surface area contributed by atoms with E-state index in [4.69, 9.17) is 5.73 Å². The molecule has 1 aliphatic heterocycles. The molecule has 2 fully saturated rings. The molecule has 0 unspecified atom stereocenters. The normalized spacial score (nSPS) is 23.7. The number of nitrogens with zero attached hydrogens (tertiary/aromatic N) is 3. The lowest BCUT2D eigenvalue weighted by molar-refractivity contribution is 0.0457. The Balaban J connectivity index is 1.59. The smallest absolute Gasteiger partial charge is 0.0625 e. The van der Waals surface area contributed by atoms with Crippen LogP contribution in [0.5, 0.6) is 0 Å². The minimum Gasteiger partial charge on any atom is -0.323 e. The number of hydrogen-bond acceptors (Lipinski definition) is 3. The van der Waals surface area contributed by atoms with Crippen LogP contribution in [-0.2, 0) is 20.0 Å². The maximum Gasteiger partial charge on any atom is 0.0625 e. The summed E-state index contributed by atoms with van der Waals surface area (Å²) in [6, 6.07) is 2.22. The van der Waals surface area contributed by atoms with Gasteiger partial charge in [0.1, 0.15) is 0 Å². The topological polar surface area (TPSA) is 47.1 Å². The van der Waals surface area contributed by atoms with E-state index in [9.17, 15) is 0 Å². The molecule has 1 aliphatic carbocycles. The minimum absolute atomic E-state index is 0.131. The third kappa shape index (κ3) is 2.00. The lowest BCUT2D eigenvalue weighted by Gasteiger charge is -2.48. The molecule has 3 rings (SSSR count). The molecule has 0 atom stereocenters. The van der Waals surface area contributed by atoms with Crippen molar-refractivity contribution in [3.8, 4) is 0 Å². The summed E-state index contributed by atoms with van der Waals surface area (Å²) < 4.78 is 2.01. The van der Waals surface area contributed by atoms with E-state index < -0.39 is 0 Å². The molecule has 0 amide bonds. The number of nitrogens with two attached hydrogens (primary N) is 1. The van der Waals surface area contributed by atoms with Crippen LogP contribution >= 0.6 is 0 Å². The molecular weight excluding hydrogens is 212 g/mol. The van der Waals surface area contributed by atoms with E-state index in [1.54, 1.807) is 0 Å². The van der Waals surface area contributed by atoms with Gasteiger partial charge in [-0.2, -0.15) is 5.10 Å². The monoisotopic (exact) mass is 234 g/mol.